The maximum atomic E-state index is 12.9. The summed E-state index contributed by atoms with van der Waals surface area (Å²) in [6, 6.07) is 4.42. The van der Waals surface area contributed by atoms with Gasteiger partial charge in [0.15, 0.2) is 0 Å². The van der Waals surface area contributed by atoms with Gasteiger partial charge in [-0.1, -0.05) is 0 Å². The molecule has 0 N–H and O–H groups in total. The zero-order valence-corrected chi connectivity index (χ0v) is 12.6. The normalized spacial score (nSPS) is 21.3. The number of likely N-dealkylation sites (N-methyl/N-ethyl adjacent to an activating group) is 1. The molecule has 1 aromatic rings. The third-order valence-electron chi connectivity index (χ3n) is 4.01. The van der Waals surface area contributed by atoms with Crippen molar-refractivity contribution in [2.75, 3.05) is 33.2 Å². The van der Waals surface area contributed by atoms with E-state index < -0.39 is 18.0 Å². The van der Waals surface area contributed by atoms with Crippen LogP contribution in [-0.4, -0.2) is 71.9 Å². The van der Waals surface area contributed by atoms with E-state index >= 15 is 0 Å². The minimum absolute atomic E-state index is 0.0648. The molecule has 2 aliphatic heterocycles. The smallest absolute Gasteiger partial charge is 0.410 e. The monoisotopic (exact) mass is 321 g/mol. The van der Waals surface area contributed by atoms with E-state index in [0.717, 1.165) is 0 Å². The standard InChI is InChI=1S/C15H16FN3O4/c1-17-9-13(20)19-7-6-18(8-12(19)14(17)21)15(22)23-11-4-2-10(16)3-5-11/h2-5,12H,6-9H2,1H3/t12-/m1/s1. The number of hydrogen-bond donors (Lipinski definition) is 0. The van der Waals surface area contributed by atoms with Crippen LogP contribution in [0.3, 0.4) is 0 Å². The Labute approximate surface area is 132 Å². The Bertz CT molecular complexity index is 649. The Morgan fingerprint density at radius 2 is 1.91 bits per heavy atom. The highest BCUT2D eigenvalue weighted by molar-refractivity contribution is 5.95. The summed E-state index contributed by atoms with van der Waals surface area (Å²) in [5.74, 6) is -0.512. The molecule has 8 heteroatoms. The van der Waals surface area contributed by atoms with Gasteiger partial charge in [0, 0.05) is 20.1 Å². The summed E-state index contributed by atoms with van der Waals surface area (Å²) in [4.78, 5) is 40.6. The molecular formula is C15H16FN3O4. The maximum Gasteiger partial charge on any atom is 0.415 e. The highest BCUT2D eigenvalue weighted by Crippen LogP contribution is 2.19. The highest BCUT2D eigenvalue weighted by Gasteiger charge is 2.42. The van der Waals surface area contributed by atoms with Crippen molar-refractivity contribution in [2.45, 2.75) is 6.04 Å². The molecule has 0 radical (unpaired) electrons. The quantitative estimate of drug-likeness (QED) is 0.746. The summed E-state index contributed by atoms with van der Waals surface area (Å²) in [5, 5.41) is 0. The molecule has 0 aromatic heterocycles. The summed E-state index contributed by atoms with van der Waals surface area (Å²) >= 11 is 0. The molecule has 0 saturated carbocycles. The maximum absolute atomic E-state index is 12.9. The Kier molecular flexibility index (Phi) is 3.89. The number of benzene rings is 1. The van der Waals surface area contributed by atoms with Crippen molar-refractivity contribution < 1.29 is 23.5 Å². The minimum atomic E-state index is -0.671. The zero-order chi connectivity index (χ0) is 16.6. The molecule has 2 fully saturated rings. The van der Waals surface area contributed by atoms with Gasteiger partial charge in [-0.05, 0) is 24.3 Å². The first-order valence-electron chi connectivity index (χ1n) is 7.22. The topological polar surface area (TPSA) is 70.2 Å². The SMILES string of the molecule is CN1CC(=O)N2CCN(C(=O)Oc3ccc(F)cc3)C[C@@H]2C1=O. The van der Waals surface area contributed by atoms with Crippen molar-refractivity contribution in [3.05, 3.63) is 30.1 Å². The Morgan fingerprint density at radius 1 is 1.22 bits per heavy atom. The summed E-state index contributed by atoms with van der Waals surface area (Å²) in [6.07, 6.45) is -0.621. The van der Waals surface area contributed by atoms with E-state index in [-0.39, 0.29) is 30.7 Å². The fourth-order valence-electron chi connectivity index (χ4n) is 2.75. The second-order valence-corrected chi connectivity index (χ2v) is 5.57. The number of carbonyl (C=O) groups excluding carboxylic acids is 3. The molecule has 1 aromatic carbocycles. The molecule has 0 unspecified atom stereocenters. The Balaban J connectivity index is 1.67. The van der Waals surface area contributed by atoms with Crippen LogP contribution in [0.15, 0.2) is 24.3 Å². The van der Waals surface area contributed by atoms with Gasteiger partial charge in [0.2, 0.25) is 11.8 Å². The third kappa shape index (κ3) is 2.96. The molecule has 0 bridgehead atoms. The molecular weight excluding hydrogens is 305 g/mol. The van der Waals surface area contributed by atoms with Crippen LogP contribution in [0.5, 0.6) is 5.75 Å². The molecule has 23 heavy (non-hydrogen) atoms. The summed E-state index contributed by atoms with van der Waals surface area (Å²) in [7, 11) is 1.56. The molecule has 3 amide bonds. The van der Waals surface area contributed by atoms with Crippen LogP contribution in [0.1, 0.15) is 0 Å². The van der Waals surface area contributed by atoms with Crippen molar-refractivity contribution in [1.29, 1.82) is 0 Å². The molecule has 0 spiro atoms. The predicted octanol–water partition coefficient (Wildman–Crippen LogP) is 0.309. The average Bonchev–Trinajstić information content (AvgIpc) is 2.54. The number of hydrogen-bond acceptors (Lipinski definition) is 4. The van der Waals surface area contributed by atoms with Crippen molar-refractivity contribution in [2.24, 2.45) is 0 Å². The first-order chi connectivity index (χ1) is 11.0. The van der Waals surface area contributed by atoms with Gasteiger partial charge in [0.25, 0.3) is 0 Å². The van der Waals surface area contributed by atoms with Crippen molar-refractivity contribution in [1.82, 2.24) is 14.7 Å². The van der Waals surface area contributed by atoms with Gasteiger partial charge < -0.3 is 19.4 Å². The van der Waals surface area contributed by atoms with Crippen molar-refractivity contribution in [3.8, 4) is 5.75 Å². The van der Waals surface area contributed by atoms with Gasteiger partial charge >= 0.3 is 6.09 Å². The second kappa shape index (κ2) is 5.86. The predicted molar refractivity (Wildman–Crippen MR) is 77.1 cm³/mol. The van der Waals surface area contributed by atoms with E-state index in [1.165, 1.54) is 39.0 Å². The van der Waals surface area contributed by atoms with Gasteiger partial charge in [-0.3, -0.25) is 9.59 Å². The molecule has 1 atom stereocenters. The largest absolute Gasteiger partial charge is 0.415 e. The van der Waals surface area contributed by atoms with E-state index in [4.69, 9.17) is 4.74 Å². The summed E-state index contributed by atoms with van der Waals surface area (Å²) in [6.45, 7) is 0.741. The third-order valence-corrected chi connectivity index (χ3v) is 4.01. The van der Waals surface area contributed by atoms with Gasteiger partial charge in [-0.25, -0.2) is 9.18 Å². The van der Waals surface area contributed by atoms with Gasteiger partial charge in [-0.2, -0.15) is 0 Å². The van der Waals surface area contributed by atoms with Gasteiger partial charge in [0.1, 0.15) is 17.6 Å². The van der Waals surface area contributed by atoms with Crippen molar-refractivity contribution in [3.63, 3.8) is 0 Å². The number of fused-ring (bicyclic) bond motifs is 1. The van der Waals surface area contributed by atoms with Crippen LogP contribution >= 0.6 is 0 Å². The number of rotatable bonds is 1. The van der Waals surface area contributed by atoms with E-state index in [9.17, 15) is 18.8 Å². The van der Waals surface area contributed by atoms with Gasteiger partial charge in [-0.15, -0.1) is 0 Å². The summed E-state index contributed by atoms with van der Waals surface area (Å²) in [5.41, 5.74) is 0. The number of carbonyl (C=O) groups is 3. The van der Waals surface area contributed by atoms with Crippen LogP contribution in [-0.2, 0) is 9.59 Å². The fraction of sp³-hybridized carbons (Fsp3) is 0.400. The highest BCUT2D eigenvalue weighted by atomic mass is 19.1. The molecule has 3 rings (SSSR count). The van der Waals surface area contributed by atoms with Crippen LogP contribution in [0.2, 0.25) is 0 Å². The number of halogens is 1. The van der Waals surface area contributed by atoms with Crippen molar-refractivity contribution >= 4 is 17.9 Å². The minimum Gasteiger partial charge on any atom is -0.410 e. The Hall–Kier alpha value is -2.64. The number of amides is 3. The fourth-order valence-corrected chi connectivity index (χ4v) is 2.75. The van der Waals surface area contributed by atoms with E-state index in [2.05, 4.69) is 0 Å². The molecule has 7 nitrogen and oxygen atoms in total. The molecule has 2 saturated heterocycles. The number of piperazine rings is 2. The molecule has 2 aliphatic rings. The van der Waals surface area contributed by atoms with Crippen LogP contribution in [0.4, 0.5) is 9.18 Å². The van der Waals surface area contributed by atoms with E-state index in [1.54, 1.807) is 7.05 Å². The second-order valence-electron chi connectivity index (χ2n) is 5.57. The van der Waals surface area contributed by atoms with E-state index in [0.29, 0.717) is 13.1 Å². The van der Waals surface area contributed by atoms with Crippen LogP contribution < -0.4 is 4.74 Å². The first kappa shape index (κ1) is 15.3. The zero-order valence-electron chi connectivity index (χ0n) is 12.6. The Morgan fingerprint density at radius 3 is 2.61 bits per heavy atom. The van der Waals surface area contributed by atoms with Gasteiger partial charge in [0.05, 0.1) is 13.1 Å². The average molecular weight is 321 g/mol. The van der Waals surface area contributed by atoms with E-state index in [1.807, 2.05) is 0 Å². The lowest BCUT2D eigenvalue weighted by Crippen LogP contribution is -2.66. The number of nitrogens with zero attached hydrogens (tertiary/aromatic N) is 3. The first-order valence-corrected chi connectivity index (χ1v) is 7.22. The van der Waals surface area contributed by atoms with Crippen LogP contribution in [0.25, 0.3) is 0 Å². The lowest BCUT2D eigenvalue weighted by atomic mass is 10.1. The lowest BCUT2D eigenvalue weighted by molar-refractivity contribution is -0.157. The summed E-state index contributed by atoms with van der Waals surface area (Å²) < 4.78 is 18.0. The molecule has 122 valence electrons. The molecule has 2 heterocycles. The van der Waals surface area contributed by atoms with Crippen LogP contribution in [0, 0.1) is 5.82 Å². The lowest BCUT2D eigenvalue weighted by Gasteiger charge is -2.44. The molecule has 0 aliphatic carbocycles. The number of ether oxygens (including phenoxy) is 1.